The highest BCUT2D eigenvalue weighted by molar-refractivity contribution is 5.69. The average Bonchev–Trinajstić information content (AvgIpc) is 2.45. The minimum Gasteiger partial charge on any atom is -0.498 e. The lowest BCUT2D eigenvalue weighted by Gasteiger charge is -2.23. The van der Waals surface area contributed by atoms with Crippen molar-refractivity contribution in [3.05, 3.63) is 46.0 Å². The molecule has 4 nitrogen and oxygen atoms in total. The molecule has 1 aromatic rings. The third kappa shape index (κ3) is 1.80. The minimum atomic E-state index is -0.188. The van der Waals surface area contributed by atoms with Gasteiger partial charge >= 0.3 is 0 Å². The third-order valence-corrected chi connectivity index (χ3v) is 3.71. The summed E-state index contributed by atoms with van der Waals surface area (Å²) in [6.45, 7) is 0. The van der Waals surface area contributed by atoms with E-state index < -0.39 is 0 Å². The van der Waals surface area contributed by atoms with Gasteiger partial charge in [0.25, 0.3) is 0 Å². The van der Waals surface area contributed by atoms with Crippen LogP contribution in [-0.2, 0) is 9.47 Å². The molecule has 1 aliphatic heterocycles. The standard InChI is InChI=1S/C16H18N2O2/c1-18-7-6-11-8-12-10(9-13(11)16(18)20-3)4-5-14(17)15(12)19-2/h4-9,14H,17H2,1-3H3. The van der Waals surface area contributed by atoms with Crippen molar-refractivity contribution in [3.8, 4) is 0 Å². The van der Waals surface area contributed by atoms with Crippen LogP contribution in [0.2, 0.25) is 0 Å². The van der Waals surface area contributed by atoms with Crippen molar-refractivity contribution in [2.24, 2.45) is 5.73 Å². The molecule has 4 heteroatoms. The minimum absolute atomic E-state index is 0.188. The van der Waals surface area contributed by atoms with E-state index in [1.807, 2.05) is 30.3 Å². The second-order valence-corrected chi connectivity index (χ2v) is 4.92. The van der Waals surface area contributed by atoms with Gasteiger partial charge in [-0.15, -0.1) is 0 Å². The van der Waals surface area contributed by atoms with E-state index in [4.69, 9.17) is 15.2 Å². The summed E-state index contributed by atoms with van der Waals surface area (Å²) in [7, 11) is 5.32. The number of benzene rings is 1. The lowest BCUT2D eigenvalue weighted by atomic mass is 9.97. The first kappa shape index (κ1) is 12.8. The van der Waals surface area contributed by atoms with Crippen molar-refractivity contribution in [3.63, 3.8) is 0 Å². The van der Waals surface area contributed by atoms with Crippen molar-refractivity contribution in [1.82, 2.24) is 4.90 Å². The topological polar surface area (TPSA) is 47.7 Å². The van der Waals surface area contributed by atoms with Crippen molar-refractivity contribution < 1.29 is 9.47 Å². The molecule has 0 radical (unpaired) electrons. The van der Waals surface area contributed by atoms with Gasteiger partial charge in [0.1, 0.15) is 5.76 Å². The van der Waals surface area contributed by atoms with Gasteiger partial charge in [-0.25, -0.2) is 0 Å². The number of hydrogen-bond acceptors (Lipinski definition) is 4. The van der Waals surface area contributed by atoms with E-state index in [0.717, 1.165) is 33.2 Å². The SMILES string of the molecule is COC1=c2cc3c(cc2C=CC1N)=C(OC)N(C)C=C3. The number of rotatable bonds is 2. The van der Waals surface area contributed by atoms with Gasteiger partial charge < -0.3 is 20.1 Å². The lowest BCUT2D eigenvalue weighted by Crippen LogP contribution is -2.33. The zero-order chi connectivity index (χ0) is 14.3. The van der Waals surface area contributed by atoms with E-state index in [1.165, 1.54) is 0 Å². The molecule has 1 atom stereocenters. The number of methoxy groups -OCH3 is 2. The van der Waals surface area contributed by atoms with Crippen LogP contribution in [0.1, 0.15) is 11.1 Å². The van der Waals surface area contributed by atoms with Crippen molar-refractivity contribution >= 4 is 23.8 Å². The van der Waals surface area contributed by atoms with E-state index in [-0.39, 0.29) is 6.04 Å². The number of fused-ring (bicyclic) bond motifs is 2. The summed E-state index contributed by atoms with van der Waals surface area (Å²) in [4.78, 5) is 1.97. The second-order valence-electron chi connectivity index (χ2n) is 4.92. The summed E-state index contributed by atoms with van der Waals surface area (Å²) in [5.41, 5.74) is 8.26. The zero-order valence-corrected chi connectivity index (χ0v) is 11.9. The predicted octanol–water partition coefficient (Wildman–Crippen LogP) is 0.423. The first-order valence-electron chi connectivity index (χ1n) is 6.51. The van der Waals surface area contributed by atoms with Crippen molar-refractivity contribution in [2.45, 2.75) is 6.04 Å². The molecule has 1 unspecified atom stereocenters. The van der Waals surface area contributed by atoms with Gasteiger partial charge in [0, 0.05) is 23.7 Å². The Bertz CT molecular complexity index is 668. The lowest BCUT2D eigenvalue weighted by molar-refractivity contribution is 0.290. The number of nitrogens with two attached hydrogens (primary N) is 1. The van der Waals surface area contributed by atoms with E-state index >= 15 is 0 Å². The van der Waals surface area contributed by atoms with Gasteiger partial charge in [-0.2, -0.15) is 0 Å². The fourth-order valence-electron chi connectivity index (χ4n) is 2.73. The second kappa shape index (κ2) is 4.72. The fourth-order valence-corrected chi connectivity index (χ4v) is 2.73. The molecule has 0 saturated heterocycles. The summed E-state index contributed by atoms with van der Waals surface area (Å²) in [5, 5.41) is 2.12. The number of ether oxygens (including phenoxy) is 2. The van der Waals surface area contributed by atoms with Gasteiger partial charge in [0.15, 0.2) is 0 Å². The molecular formula is C16H18N2O2. The summed E-state index contributed by atoms with van der Waals surface area (Å²) < 4.78 is 11.0. The Morgan fingerprint density at radius 1 is 1.05 bits per heavy atom. The molecule has 20 heavy (non-hydrogen) atoms. The summed E-state index contributed by atoms with van der Waals surface area (Å²) >= 11 is 0. The van der Waals surface area contributed by atoms with Crippen LogP contribution >= 0.6 is 0 Å². The van der Waals surface area contributed by atoms with Crippen molar-refractivity contribution in [2.75, 3.05) is 21.3 Å². The Hall–Kier alpha value is -2.20. The molecule has 1 aliphatic carbocycles. The maximum atomic E-state index is 6.05. The summed E-state index contributed by atoms with van der Waals surface area (Å²) in [6, 6.07) is 4.03. The first-order chi connectivity index (χ1) is 9.65. The van der Waals surface area contributed by atoms with E-state index in [0.29, 0.717) is 0 Å². The molecule has 104 valence electrons. The Balaban J connectivity index is 2.38. The van der Waals surface area contributed by atoms with Crippen LogP contribution in [0, 0.1) is 0 Å². The highest BCUT2D eigenvalue weighted by atomic mass is 16.5. The van der Waals surface area contributed by atoms with E-state index in [9.17, 15) is 0 Å². The fraction of sp³-hybridized carbons (Fsp3) is 0.250. The molecule has 0 saturated carbocycles. The van der Waals surface area contributed by atoms with E-state index in [1.54, 1.807) is 14.2 Å². The quantitative estimate of drug-likeness (QED) is 0.846. The van der Waals surface area contributed by atoms with Crippen LogP contribution in [0.3, 0.4) is 0 Å². The van der Waals surface area contributed by atoms with Crippen LogP contribution in [0.4, 0.5) is 0 Å². The van der Waals surface area contributed by atoms with E-state index in [2.05, 4.69) is 18.2 Å². The number of nitrogens with zero attached hydrogens (tertiary/aromatic N) is 1. The van der Waals surface area contributed by atoms with Crippen LogP contribution < -0.4 is 16.2 Å². The van der Waals surface area contributed by atoms with Gasteiger partial charge in [0.2, 0.25) is 5.88 Å². The normalized spacial score (nSPS) is 19.8. The monoisotopic (exact) mass is 270 g/mol. The van der Waals surface area contributed by atoms with Gasteiger partial charge in [0.05, 0.1) is 20.3 Å². The highest BCUT2D eigenvalue weighted by Crippen LogP contribution is 2.15. The summed E-state index contributed by atoms with van der Waals surface area (Å²) in [5.74, 6) is 1.64. The average molecular weight is 270 g/mol. The number of hydrogen-bond donors (Lipinski definition) is 1. The van der Waals surface area contributed by atoms with Crippen LogP contribution in [0.25, 0.3) is 23.8 Å². The third-order valence-electron chi connectivity index (χ3n) is 3.71. The molecule has 1 aromatic carbocycles. The molecule has 0 amide bonds. The predicted molar refractivity (Wildman–Crippen MR) is 80.3 cm³/mol. The first-order valence-corrected chi connectivity index (χ1v) is 6.51. The van der Waals surface area contributed by atoms with Crippen LogP contribution in [-0.4, -0.2) is 32.2 Å². The Morgan fingerprint density at radius 3 is 2.45 bits per heavy atom. The van der Waals surface area contributed by atoms with Gasteiger partial charge in [-0.05, 0) is 29.3 Å². The summed E-state index contributed by atoms with van der Waals surface area (Å²) in [6.07, 6.45) is 8.03. The molecule has 0 aromatic heterocycles. The molecule has 1 heterocycles. The van der Waals surface area contributed by atoms with Crippen LogP contribution in [0.15, 0.2) is 24.4 Å². The van der Waals surface area contributed by atoms with Gasteiger partial charge in [-0.3, -0.25) is 0 Å². The Labute approximate surface area is 118 Å². The molecule has 0 fully saturated rings. The Kier molecular flexibility index (Phi) is 3.03. The molecule has 0 bridgehead atoms. The smallest absolute Gasteiger partial charge is 0.200 e. The van der Waals surface area contributed by atoms with Crippen molar-refractivity contribution in [1.29, 1.82) is 0 Å². The molecule has 0 spiro atoms. The van der Waals surface area contributed by atoms with Crippen LogP contribution in [0.5, 0.6) is 0 Å². The maximum Gasteiger partial charge on any atom is 0.200 e. The molecule has 2 aliphatic rings. The molecular weight excluding hydrogens is 252 g/mol. The molecule has 3 rings (SSSR count). The molecule has 2 N–H and O–H groups in total. The highest BCUT2D eigenvalue weighted by Gasteiger charge is 2.17. The largest absolute Gasteiger partial charge is 0.498 e. The maximum absolute atomic E-state index is 6.05. The van der Waals surface area contributed by atoms with Gasteiger partial charge in [-0.1, -0.05) is 12.2 Å². The Morgan fingerprint density at radius 2 is 1.75 bits per heavy atom. The zero-order valence-electron chi connectivity index (χ0n) is 11.9.